The topological polar surface area (TPSA) is 80.1 Å². The van der Waals surface area contributed by atoms with E-state index in [2.05, 4.69) is 18.7 Å². The van der Waals surface area contributed by atoms with Gasteiger partial charge >= 0.3 is 5.91 Å². The number of fused-ring (bicyclic) bond motifs is 1. The van der Waals surface area contributed by atoms with Crippen LogP contribution in [-0.2, 0) is 9.59 Å². The summed E-state index contributed by atoms with van der Waals surface area (Å²) in [5.41, 5.74) is 2.95. The van der Waals surface area contributed by atoms with Crippen LogP contribution in [0.25, 0.3) is 22.1 Å². The lowest BCUT2D eigenvalue weighted by molar-refractivity contribution is -0.138. The fourth-order valence-corrected chi connectivity index (χ4v) is 6.36. The van der Waals surface area contributed by atoms with Crippen molar-refractivity contribution < 1.29 is 23.5 Å². The molecule has 0 bridgehead atoms. The lowest BCUT2D eigenvalue weighted by atomic mass is 9.99. The maximum absolute atomic E-state index is 13.5. The average molecular weight is 511 g/mol. The number of furan rings is 1. The summed E-state index contributed by atoms with van der Waals surface area (Å²) in [5, 5.41) is 0.385. The summed E-state index contributed by atoms with van der Waals surface area (Å²) in [6.07, 6.45) is 2.05. The number of hydrogen-bond acceptors (Lipinski definition) is 6. The Morgan fingerprint density at radius 3 is 2.50 bits per heavy atom. The first-order valence-electron chi connectivity index (χ1n) is 12.8. The Bertz CT molecular complexity index is 1310. The number of piperidine rings is 1. The van der Waals surface area contributed by atoms with Crippen molar-refractivity contribution in [3.8, 4) is 16.9 Å². The van der Waals surface area contributed by atoms with Gasteiger partial charge in [0, 0.05) is 42.7 Å². The van der Waals surface area contributed by atoms with Crippen LogP contribution in [0.5, 0.6) is 5.75 Å². The zero-order valence-corrected chi connectivity index (χ0v) is 22.5. The predicted octanol–water partition coefficient (Wildman–Crippen LogP) is 3.83. The zero-order valence-electron chi connectivity index (χ0n) is 21.1. The Kier molecular flexibility index (Phi) is 6.90. The third kappa shape index (κ3) is 4.67. The van der Waals surface area contributed by atoms with Crippen molar-refractivity contribution in [2.45, 2.75) is 45.8 Å². The van der Waals surface area contributed by atoms with Gasteiger partial charge in [0.1, 0.15) is 17.4 Å². The quantitative estimate of drug-likeness (QED) is 0.383. The molecule has 5 rings (SSSR count). The van der Waals surface area contributed by atoms with E-state index in [0.717, 1.165) is 53.1 Å². The molecule has 0 aliphatic carbocycles. The molecule has 0 spiro atoms. The van der Waals surface area contributed by atoms with Crippen LogP contribution in [0, 0.1) is 6.92 Å². The number of imide groups is 1. The largest absolute Gasteiger partial charge is 0.490 e. The highest BCUT2D eigenvalue weighted by Gasteiger charge is 2.35. The zero-order chi connectivity index (χ0) is 25.4. The van der Waals surface area contributed by atoms with Crippen LogP contribution in [0.1, 0.15) is 42.8 Å². The van der Waals surface area contributed by atoms with Crippen LogP contribution in [-0.4, -0.2) is 64.3 Å². The van der Waals surface area contributed by atoms with Gasteiger partial charge in [0.05, 0.1) is 0 Å². The van der Waals surface area contributed by atoms with Crippen molar-refractivity contribution in [3.63, 3.8) is 0 Å². The second-order valence-corrected chi connectivity index (χ2v) is 11.9. The van der Waals surface area contributed by atoms with E-state index >= 15 is 0 Å². The first-order chi connectivity index (χ1) is 17.3. The van der Waals surface area contributed by atoms with Crippen LogP contribution in [0.15, 0.2) is 46.9 Å². The second-order valence-electron chi connectivity index (χ2n) is 10.0. The monoisotopic (exact) mass is 510 g/mol. The number of likely N-dealkylation sites (tertiary alicyclic amines) is 1. The van der Waals surface area contributed by atoms with Crippen molar-refractivity contribution in [2.75, 3.05) is 25.4 Å². The highest BCUT2D eigenvalue weighted by atomic mass is 32.2. The summed E-state index contributed by atoms with van der Waals surface area (Å²) >= 11 is -1.11. The van der Waals surface area contributed by atoms with Gasteiger partial charge in [-0.05, 0) is 56.6 Å². The van der Waals surface area contributed by atoms with Crippen molar-refractivity contribution in [3.05, 3.63) is 53.8 Å². The Morgan fingerprint density at radius 1 is 1.08 bits per heavy atom. The van der Waals surface area contributed by atoms with Gasteiger partial charge < -0.3 is 14.1 Å². The lowest BCUT2D eigenvalue weighted by Gasteiger charge is -2.34. The Morgan fingerprint density at radius 2 is 1.81 bits per heavy atom. The molecule has 36 heavy (non-hydrogen) atoms. The molecule has 0 radical (unpaired) electrons. The maximum atomic E-state index is 13.5. The number of ether oxygens (including phenoxy) is 1. The van der Waals surface area contributed by atoms with E-state index < -0.39 is 28.7 Å². The van der Waals surface area contributed by atoms with Crippen LogP contribution in [0.4, 0.5) is 0 Å². The third-order valence-electron chi connectivity index (χ3n) is 7.26. The van der Waals surface area contributed by atoms with Crippen LogP contribution < -0.4 is 4.74 Å². The first-order valence-corrected chi connectivity index (χ1v) is 14.5. The maximum Gasteiger partial charge on any atom is 0.304 e. The molecule has 0 N–H and O–H groups in total. The highest BCUT2D eigenvalue weighted by molar-refractivity contribution is 8.15. The van der Waals surface area contributed by atoms with Gasteiger partial charge in [-0.1, -0.05) is 30.3 Å². The normalized spacial score (nSPS) is 18.1. The number of benzene rings is 2. The number of nitrogens with zero attached hydrogens (tertiary/aromatic N) is 2. The molecule has 0 saturated carbocycles. The molecule has 2 aliphatic rings. The van der Waals surface area contributed by atoms with Gasteiger partial charge in [-0.15, -0.1) is 0 Å². The minimum Gasteiger partial charge on any atom is -0.490 e. The third-order valence-corrected chi connectivity index (χ3v) is 8.68. The van der Waals surface area contributed by atoms with E-state index in [1.54, 1.807) is 0 Å². The number of aryl methyl sites for hydroxylation is 1. The number of carbonyl (C=O) groups excluding carboxylic acids is 3. The van der Waals surface area contributed by atoms with Crippen molar-refractivity contribution >= 4 is 39.7 Å². The molecular weight excluding hydrogens is 476 g/mol. The standard InChI is InChI=1S/C28H34N2O5S/c1-17(2)29-11-9-20(10-12-29)34-22-16-23-21(15-18(22)3)24(19-7-5-4-6-8-19)25(35-23)26(31)30-13-14-36-28(33)27(30)32/h4-8,15-17,20H,9-14H2,1-3H3,36H4. The van der Waals surface area contributed by atoms with E-state index in [1.165, 1.54) is 0 Å². The van der Waals surface area contributed by atoms with Crippen molar-refractivity contribution in [1.29, 1.82) is 0 Å². The molecule has 0 atom stereocenters. The fourth-order valence-electron chi connectivity index (χ4n) is 5.16. The molecule has 3 heterocycles. The second kappa shape index (κ2) is 10.1. The summed E-state index contributed by atoms with van der Waals surface area (Å²) in [5.74, 6) is 0.170. The molecule has 3 aromatic rings. The molecule has 7 nitrogen and oxygen atoms in total. The average Bonchev–Trinajstić information content (AvgIpc) is 3.24. The van der Waals surface area contributed by atoms with Gasteiger partial charge in [0.25, 0.3) is 5.91 Å². The molecule has 2 aliphatic heterocycles. The SMILES string of the molecule is Cc1cc2c(-c3ccccc3)c(C(=O)N3CC[SH4]C(=O)C3=O)oc2cc1OC1CCN(C(C)C)CC1. The van der Waals surface area contributed by atoms with Gasteiger partial charge in [-0.3, -0.25) is 19.3 Å². The minimum absolute atomic E-state index is 0.0858. The molecule has 0 unspecified atom stereocenters. The van der Waals surface area contributed by atoms with Gasteiger partial charge in [-0.2, -0.15) is 0 Å². The first kappa shape index (κ1) is 24.6. The smallest absolute Gasteiger partial charge is 0.304 e. The fraction of sp³-hybridized carbons (Fsp3) is 0.393. The van der Waals surface area contributed by atoms with Gasteiger partial charge in [0.15, 0.2) is 0 Å². The van der Waals surface area contributed by atoms with E-state index in [-0.39, 0.29) is 18.4 Å². The molecule has 8 heteroatoms. The molecule has 192 valence electrons. The predicted molar refractivity (Wildman–Crippen MR) is 146 cm³/mol. The van der Waals surface area contributed by atoms with E-state index in [9.17, 15) is 14.4 Å². The number of rotatable bonds is 5. The highest BCUT2D eigenvalue weighted by Crippen LogP contribution is 2.39. The summed E-state index contributed by atoms with van der Waals surface area (Å²) in [6.45, 7) is 8.71. The summed E-state index contributed by atoms with van der Waals surface area (Å²) in [4.78, 5) is 41.6. The molecule has 1 aromatic heterocycles. The Labute approximate surface area is 214 Å². The minimum atomic E-state index is -1.11. The molecule has 2 saturated heterocycles. The number of carbonyl (C=O) groups is 3. The van der Waals surface area contributed by atoms with Gasteiger partial charge in [0.2, 0.25) is 10.9 Å². The summed E-state index contributed by atoms with van der Waals surface area (Å²) < 4.78 is 12.6. The van der Waals surface area contributed by atoms with Crippen molar-refractivity contribution in [2.24, 2.45) is 0 Å². The molecule has 2 fully saturated rings. The van der Waals surface area contributed by atoms with Gasteiger partial charge in [-0.25, -0.2) is 11.8 Å². The van der Waals surface area contributed by atoms with E-state index in [4.69, 9.17) is 9.15 Å². The van der Waals surface area contributed by atoms with Crippen molar-refractivity contribution in [1.82, 2.24) is 9.80 Å². The van der Waals surface area contributed by atoms with Crippen LogP contribution >= 0.6 is 11.8 Å². The van der Waals surface area contributed by atoms with Crippen LogP contribution in [0.3, 0.4) is 0 Å². The lowest BCUT2D eigenvalue weighted by Crippen LogP contribution is -2.45. The van der Waals surface area contributed by atoms with E-state index in [0.29, 0.717) is 22.9 Å². The number of amides is 2. The Balaban J connectivity index is 1.52. The molecule has 2 amide bonds. The summed E-state index contributed by atoms with van der Waals surface area (Å²) in [6, 6.07) is 13.9. The summed E-state index contributed by atoms with van der Waals surface area (Å²) in [7, 11) is 0. The van der Waals surface area contributed by atoms with E-state index in [1.807, 2.05) is 49.4 Å². The Hall–Kier alpha value is -3.10. The molecule has 2 aromatic carbocycles. The number of hydrogen-bond donors (Lipinski definition) is 0. The van der Waals surface area contributed by atoms with Crippen LogP contribution in [0.2, 0.25) is 0 Å². The molecular formula is C28H34N2O5S.